The van der Waals surface area contributed by atoms with Crippen LogP contribution in [0.5, 0.6) is 5.75 Å². The fourth-order valence-electron chi connectivity index (χ4n) is 8.51. The van der Waals surface area contributed by atoms with E-state index in [4.69, 9.17) is 11.5 Å². The molecule has 77 heavy (non-hydrogen) atoms. The molecule has 0 bridgehead atoms. The smallest absolute Gasteiger partial charge is 0.326 e. The van der Waals surface area contributed by atoms with Gasteiger partial charge in [-0.3, -0.25) is 52.7 Å². The molecule has 28 heteroatoms. The predicted octanol–water partition coefficient (Wildman–Crippen LogP) is -4.41. The molecule has 1 aromatic carbocycles. The number of benzene rings is 1. The molecule has 2 saturated heterocycles. The number of carbonyl (C=O) groups is 12. The number of phenols is 1. The first-order valence-electron chi connectivity index (χ1n) is 25.6. The maximum Gasteiger partial charge on any atom is 0.326 e. The summed E-state index contributed by atoms with van der Waals surface area (Å²) in [5.74, 6) is -11.7. The van der Waals surface area contributed by atoms with Crippen molar-refractivity contribution in [1.82, 2.24) is 52.8 Å². The minimum Gasteiger partial charge on any atom is -0.508 e. The predicted molar refractivity (Wildman–Crippen MR) is 272 cm³/mol. The number of nitrogens with two attached hydrogens (primary N) is 2. The van der Waals surface area contributed by atoms with Crippen LogP contribution >= 0.6 is 0 Å². The van der Waals surface area contributed by atoms with Crippen molar-refractivity contribution >= 4 is 71.0 Å². The Morgan fingerprint density at radius 2 is 1.29 bits per heavy atom. The molecular weight excluding hydrogens is 1010 g/mol. The molecule has 0 spiro atoms. The van der Waals surface area contributed by atoms with Crippen LogP contribution in [0.2, 0.25) is 0 Å². The lowest BCUT2D eigenvalue weighted by Gasteiger charge is -2.28. The third-order valence-electron chi connectivity index (χ3n) is 12.7. The summed E-state index contributed by atoms with van der Waals surface area (Å²) in [6.07, 6.45) is -0.799. The van der Waals surface area contributed by atoms with Gasteiger partial charge in [0.2, 0.25) is 59.1 Å². The van der Waals surface area contributed by atoms with Gasteiger partial charge in [-0.2, -0.15) is 0 Å². The van der Waals surface area contributed by atoms with Crippen LogP contribution in [-0.2, 0) is 64.0 Å². The van der Waals surface area contributed by atoms with Crippen molar-refractivity contribution in [2.75, 3.05) is 26.2 Å². The Balaban J connectivity index is 1.72. The number of carboxylic acid groups (broad SMARTS) is 2. The van der Waals surface area contributed by atoms with Crippen LogP contribution in [0.15, 0.2) is 24.3 Å². The molecule has 17 N–H and O–H groups in total. The molecule has 2 aliphatic heterocycles. The van der Waals surface area contributed by atoms with Gasteiger partial charge in [0.1, 0.15) is 54.1 Å². The maximum absolute atomic E-state index is 14.1. The standard InChI is InChI=1S/C49H76N12O16/c1-25(2)21-33(45(72)58-34(22-28-12-14-29(63)15-13-28)46(73)55-31(9-5-6-18-50)44(71)59-35(49(76)77)23-39(66)67)57-41(68)26(3)54-47(74)36-11-8-20-61(36)38(65)24-53-42(69)32(16-17-37(51)64)56-48(75)40(27(4)62)60-43(70)30-10-7-19-52-30/h12-15,25-27,30-36,40,52,62-63H,5-11,16-24,50H2,1-4H3,(H2,51,64)(H,53,69)(H,54,74)(H,55,73)(H,56,75)(H,57,68)(H,58,72)(H,59,71)(H,60,70)(H,66,67)(H,76,77)/t26-,27+,30-,31-,32-,33-,34-,35-,36-,40-/m0/s1. The Hall–Kier alpha value is -7.46. The van der Waals surface area contributed by atoms with Gasteiger partial charge in [-0.1, -0.05) is 26.0 Å². The number of aliphatic hydroxyl groups is 1. The van der Waals surface area contributed by atoms with Crippen molar-refractivity contribution in [2.45, 2.75) is 165 Å². The van der Waals surface area contributed by atoms with Crippen LogP contribution in [0.4, 0.5) is 0 Å². The lowest BCUT2D eigenvalue weighted by atomic mass is 10.00. The van der Waals surface area contributed by atoms with E-state index in [9.17, 15) is 78.0 Å². The molecule has 0 saturated carbocycles. The maximum atomic E-state index is 14.1. The molecule has 2 heterocycles. The van der Waals surface area contributed by atoms with Crippen LogP contribution in [-0.4, -0.2) is 183 Å². The van der Waals surface area contributed by atoms with E-state index in [0.717, 1.165) is 6.42 Å². The van der Waals surface area contributed by atoms with Crippen LogP contribution in [0.25, 0.3) is 0 Å². The third-order valence-corrected chi connectivity index (χ3v) is 12.7. The molecule has 0 radical (unpaired) electrons. The highest BCUT2D eigenvalue weighted by molar-refractivity contribution is 5.98. The zero-order valence-electron chi connectivity index (χ0n) is 43.8. The van der Waals surface area contributed by atoms with Gasteiger partial charge >= 0.3 is 11.9 Å². The number of hydrogen-bond donors (Lipinski definition) is 15. The van der Waals surface area contributed by atoms with Crippen molar-refractivity contribution in [3.05, 3.63) is 29.8 Å². The summed E-state index contributed by atoms with van der Waals surface area (Å²) in [5.41, 5.74) is 11.4. The van der Waals surface area contributed by atoms with Crippen molar-refractivity contribution < 1.29 is 78.0 Å². The molecule has 0 aliphatic carbocycles. The number of primary amides is 1. The van der Waals surface area contributed by atoms with E-state index in [1.807, 2.05) is 0 Å². The number of likely N-dealkylation sites (tertiary alicyclic amines) is 1. The lowest BCUT2D eigenvalue weighted by molar-refractivity contribution is -0.147. The normalized spacial score (nSPS) is 18.1. The van der Waals surface area contributed by atoms with Gasteiger partial charge in [0.05, 0.1) is 25.1 Å². The molecule has 428 valence electrons. The number of nitrogens with one attached hydrogen (secondary N) is 9. The second-order valence-electron chi connectivity index (χ2n) is 19.6. The summed E-state index contributed by atoms with van der Waals surface area (Å²) in [7, 11) is 0. The Labute approximate surface area is 445 Å². The van der Waals surface area contributed by atoms with Crippen LogP contribution in [0.3, 0.4) is 0 Å². The second kappa shape index (κ2) is 31.6. The molecule has 10 amide bonds. The Kier molecular flexibility index (Phi) is 26.2. The average molecular weight is 1090 g/mol. The summed E-state index contributed by atoms with van der Waals surface area (Å²) < 4.78 is 0. The van der Waals surface area contributed by atoms with Gasteiger partial charge in [0, 0.05) is 19.4 Å². The Morgan fingerprint density at radius 1 is 0.688 bits per heavy atom. The number of unbranched alkanes of at least 4 members (excludes halogenated alkanes) is 1. The van der Waals surface area contributed by atoms with Gasteiger partial charge in [-0.15, -0.1) is 0 Å². The Morgan fingerprint density at radius 3 is 1.87 bits per heavy atom. The summed E-state index contributed by atoms with van der Waals surface area (Å²) in [6.45, 7) is 6.34. The molecule has 2 fully saturated rings. The van der Waals surface area contributed by atoms with E-state index >= 15 is 0 Å². The van der Waals surface area contributed by atoms with Crippen molar-refractivity contribution in [3.8, 4) is 5.75 Å². The number of nitrogens with zero attached hydrogens (tertiary/aromatic N) is 1. The van der Waals surface area contributed by atoms with E-state index in [2.05, 4.69) is 47.9 Å². The zero-order chi connectivity index (χ0) is 57.5. The third kappa shape index (κ3) is 21.6. The fourth-order valence-corrected chi connectivity index (χ4v) is 8.51. The number of carboxylic acids is 2. The summed E-state index contributed by atoms with van der Waals surface area (Å²) in [4.78, 5) is 158. The molecule has 0 aromatic heterocycles. The molecule has 3 rings (SSSR count). The number of aliphatic carboxylic acids is 2. The van der Waals surface area contributed by atoms with E-state index in [1.165, 1.54) is 43.0 Å². The van der Waals surface area contributed by atoms with E-state index in [-0.39, 0.29) is 69.7 Å². The Bertz CT molecular complexity index is 2260. The number of carbonyl (C=O) groups excluding carboxylic acids is 10. The zero-order valence-corrected chi connectivity index (χ0v) is 43.8. The van der Waals surface area contributed by atoms with Crippen molar-refractivity contribution in [2.24, 2.45) is 17.4 Å². The van der Waals surface area contributed by atoms with Gasteiger partial charge in [-0.05, 0) is 108 Å². The SMILES string of the molecule is CC(C)C[C@H](NC(=O)[C@H](C)NC(=O)[C@@H]1CCCN1C(=O)CNC(=O)[C@H](CCC(N)=O)NC(=O)[C@@H](NC(=O)[C@@H]1CCCN1)[C@@H](C)O)C(=O)N[C@@H](Cc1ccc(O)cc1)C(=O)N[C@@H](CCCCN)C(=O)N[C@@H](CC(=O)O)C(=O)O. The van der Waals surface area contributed by atoms with Crippen molar-refractivity contribution in [1.29, 1.82) is 0 Å². The molecule has 10 atom stereocenters. The lowest BCUT2D eigenvalue weighted by Crippen LogP contribution is -2.60. The molecule has 2 aliphatic rings. The van der Waals surface area contributed by atoms with E-state index < -0.39 is 144 Å². The minimum absolute atomic E-state index is 0.0234. The van der Waals surface area contributed by atoms with Gasteiger partial charge in [0.25, 0.3) is 0 Å². The van der Waals surface area contributed by atoms with E-state index in [1.54, 1.807) is 13.8 Å². The first-order chi connectivity index (χ1) is 36.3. The first kappa shape index (κ1) is 63.8. The van der Waals surface area contributed by atoms with Gasteiger partial charge in [-0.25, -0.2) is 4.79 Å². The van der Waals surface area contributed by atoms with Crippen LogP contribution in [0, 0.1) is 5.92 Å². The highest BCUT2D eigenvalue weighted by Gasteiger charge is 2.38. The van der Waals surface area contributed by atoms with Crippen LogP contribution in [0.1, 0.15) is 104 Å². The van der Waals surface area contributed by atoms with Crippen molar-refractivity contribution in [3.63, 3.8) is 0 Å². The highest BCUT2D eigenvalue weighted by atomic mass is 16.4. The second-order valence-corrected chi connectivity index (χ2v) is 19.6. The topological polar surface area (TPSA) is 449 Å². The summed E-state index contributed by atoms with van der Waals surface area (Å²) in [5, 5.41) is 61.7. The molecule has 28 nitrogen and oxygen atoms in total. The summed E-state index contributed by atoms with van der Waals surface area (Å²) in [6, 6.07) is -6.30. The van der Waals surface area contributed by atoms with Crippen LogP contribution < -0.4 is 59.3 Å². The number of aliphatic hydroxyl groups excluding tert-OH is 1. The number of hydrogen-bond acceptors (Lipinski definition) is 16. The van der Waals surface area contributed by atoms with Gasteiger partial charge < -0.3 is 84.6 Å². The molecule has 0 unspecified atom stereocenters. The number of phenolic OH excluding ortho intramolecular Hbond substituents is 1. The quantitative estimate of drug-likeness (QED) is 0.0303. The first-order valence-corrected chi connectivity index (χ1v) is 25.6. The van der Waals surface area contributed by atoms with Gasteiger partial charge in [0.15, 0.2) is 0 Å². The number of amides is 10. The number of aromatic hydroxyl groups is 1. The summed E-state index contributed by atoms with van der Waals surface area (Å²) >= 11 is 0. The highest BCUT2D eigenvalue weighted by Crippen LogP contribution is 2.19. The van der Waals surface area contributed by atoms with E-state index in [0.29, 0.717) is 31.4 Å². The fraction of sp³-hybridized carbons (Fsp3) is 0.633. The monoisotopic (exact) mass is 1090 g/mol. The number of rotatable bonds is 32. The molecular formula is C49H76N12O16. The average Bonchev–Trinajstić information content (AvgIpc) is 4.09. The molecule has 1 aromatic rings. The minimum atomic E-state index is -1.84. The largest absolute Gasteiger partial charge is 0.508 e.